The summed E-state index contributed by atoms with van der Waals surface area (Å²) in [6.45, 7) is 3.20. The first-order valence-electron chi connectivity index (χ1n) is 5.78. The number of hydrogen-bond donors (Lipinski definition) is 4. The second-order valence-corrected chi connectivity index (χ2v) is 4.39. The molecule has 0 amide bonds. The molecule has 0 aliphatic heterocycles. The van der Waals surface area contributed by atoms with Gasteiger partial charge in [0.15, 0.2) is 17.2 Å². The average Bonchev–Trinajstić information content (AvgIpc) is 2.41. The van der Waals surface area contributed by atoms with Crippen molar-refractivity contribution >= 4 is 34.3 Å². The smallest absolute Gasteiger partial charge is 0.204 e. The van der Waals surface area contributed by atoms with E-state index in [1.54, 1.807) is 0 Å². The molecule has 0 saturated heterocycles. The minimum absolute atomic E-state index is 0.000845. The molecule has 0 bridgehead atoms. The summed E-state index contributed by atoms with van der Waals surface area (Å²) in [6, 6.07) is 3.21. The minimum Gasteiger partial charge on any atom is -0.505 e. The molecule has 0 spiro atoms. The highest BCUT2D eigenvalue weighted by Gasteiger charge is 2.19. The third-order valence-electron chi connectivity index (χ3n) is 3.14. The monoisotopic (exact) mass is 287 g/mol. The SMILES string of the molecule is C=Nc1c(O)cc2oc3cc(O)c(O)cc3c(=O)c2c1O. The number of hydrogen-bond acceptors (Lipinski definition) is 7. The summed E-state index contributed by atoms with van der Waals surface area (Å²) >= 11 is 0. The third kappa shape index (κ3) is 1.68. The molecule has 3 rings (SSSR count). The molecular formula is C14H9NO6. The lowest BCUT2D eigenvalue weighted by atomic mass is 10.1. The minimum atomic E-state index is -0.635. The van der Waals surface area contributed by atoms with E-state index < -0.39 is 28.4 Å². The topological polar surface area (TPSA) is 123 Å². The zero-order chi connectivity index (χ0) is 15.3. The van der Waals surface area contributed by atoms with Gasteiger partial charge in [-0.3, -0.25) is 9.79 Å². The van der Waals surface area contributed by atoms with Crippen molar-refractivity contribution in [2.24, 2.45) is 4.99 Å². The predicted molar refractivity (Wildman–Crippen MR) is 75.9 cm³/mol. The van der Waals surface area contributed by atoms with E-state index in [1.165, 1.54) is 0 Å². The molecule has 0 atom stereocenters. The Bertz CT molecular complexity index is 973. The van der Waals surface area contributed by atoms with Gasteiger partial charge in [0.1, 0.15) is 28.0 Å². The van der Waals surface area contributed by atoms with E-state index in [-0.39, 0.29) is 27.6 Å². The Kier molecular flexibility index (Phi) is 2.52. The number of aliphatic imine (C=N–C) groups is 1. The highest BCUT2D eigenvalue weighted by Crippen LogP contribution is 2.42. The molecule has 106 valence electrons. The highest BCUT2D eigenvalue weighted by molar-refractivity contribution is 5.98. The second-order valence-electron chi connectivity index (χ2n) is 4.39. The van der Waals surface area contributed by atoms with Gasteiger partial charge in [0.05, 0.1) is 5.39 Å². The van der Waals surface area contributed by atoms with Gasteiger partial charge in [-0.25, -0.2) is 0 Å². The first-order valence-corrected chi connectivity index (χ1v) is 5.78. The van der Waals surface area contributed by atoms with Gasteiger partial charge in [0, 0.05) is 12.1 Å². The lowest BCUT2D eigenvalue weighted by Crippen LogP contribution is -2.02. The fraction of sp³-hybridized carbons (Fsp3) is 0. The van der Waals surface area contributed by atoms with Crippen LogP contribution in [-0.2, 0) is 0 Å². The molecule has 2 aromatic carbocycles. The van der Waals surface area contributed by atoms with Crippen LogP contribution in [0.2, 0.25) is 0 Å². The van der Waals surface area contributed by atoms with Crippen LogP contribution in [0.25, 0.3) is 21.9 Å². The van der Waals surface area contributed by atoms with Crippen molar-refractivity contribution < 1.29 is 24.8 Å². The molecule has 0 unspecified atom stereocenters. The zero-order valence-corrected chi connectivity index (χ0v) is 10.5. The van der Waals surface area contributed by atoms with E-state index in [0.29, 0.717) is 0 Å². The summed E-state index contributed by atoms with van der Waals surface area (Å²) in [5, 5.41) is 38.4. The molecule has 0 fully saturated rings. The van der Waals surface area contributed by atoms with Crippen molar-refractivity contribution in [1.29, 1.82) is 0 Å². The molecule has 3 aromatic rings. The van der Waals surface area contributed by atoms with Gasteiger partial charge in [0.2, 0.25) is 5.43 Å². The summed E-state index contributed by atoms with van der Waals surface area (Å²) in [6.07, 6.45) is 0. The molecule has 1 aromatic heterocycles. The predicted octanol–water partition coefficient (Wildman–Crippen LogP) is 2.10. The molecule has 0 radical (unpaired) electrons. The number of benzene rings is 2. The summed E-state index contributed by atoms with van der Waals surface area (Å²) in [7, 11) is 0. The largest absolute Gasteiger partial charge is 0.505 e. The Morgan fingerprint density at radius 3 is 2.24 bits per heavy atom. The van der Waals surface area contributed by atoms with Gasteiger partial charge < -0.3 is 24.8 Å². The number of aromatic hydroxyl groups is 4. The number of phenols is 4. The lowest BCUT2D eigenvalue weighted by Gasteiger charge is -2.07. The molecule has 0 aliphatic carbocycles. The van der Waals surface area contributed by atoms with E-state index in [9.17, 15) is 25.2 Å². The standard InChI is InChI=1S/C14H9NO6/c1-15-12-8(18)4-10-11(14(12)20)13(19)5-2-6(16)7(17)3-9(5)21-10/h2-4,16-18,20H,1H2. The van der Waals surface area contributed by atoms with Crippen molar-refractivity contribution in [3.63, 3.8) is 0 Å². The van der Waals surface area contributed by atoms with E-state index in [4.69, 9.17) is 4.42 Å². The van der Waals surface area contributed by atoms with Gasteiger partial charge in [-0.2, -0.15) is 0 Å². The van der Waals surface area contributed by atoms with Crippen molar-refractivity contribution in [3.05, 3.63) is 28.4 Å². The normalized spacial score (nSPS) is 11.0. The molecule has 0 aliphatic rings. The van der Waals surface area contributed by atoms with Gasteiger partial charge in [-0.15, -0.1) is 0 Å². The Hall–Kier alpha value is -3.22. The molecule has 1 heterocycles. The van der Waals surface area contributed by atoms with Crippen LogP contribution in [0.4, 0.5) is 5.69 Å². The first kappa shape index (κ1) is 12.8. The van der Waals surface area contributed by atoms with Crippen LogP contribution < -0.4 is 5.43 Å². The molecule has 7 heteroatoms. The maximum atomic E-state index is 12.4. The Labute approximate surface area is 116 Å². The van der Waals surface area contributed by atoms with E-state index >= 15 is 0 Å². The fourth-order valence-corrected chi connectivity index (χ4v) is 2.15. The third-order valence-corrected chi connectivity index (χ3v) is 3.14. The maximum absolute atomic E-state index is 12.4. The molecule has 4 N–H and O–H groups in total. The van der Waals surface area contributed by atoms with Crippen LogP contribution in [0.1, 0.15) is 0 Å². The van der Waals surface area contributed by atoms with Crippen LogP contribution in [0.5, 0.6) is 23.0 Å². The number of phenolic OH excluding ortho intramolecular Hbond substituents is 4. The second kappa shape index (κ2) is 4.14. The molecule has 21 heavy (non-hydrogen) atoms. The Morgan fingerprint density at radius 2 is 1.57 bits per heavy atom. The lowest BCUT2D eigenvalue weighted by molar-refractivity contribution is 0.404. The Balaban J connectivity index is 2.60. The Morgan fingerprint density at radius 1 is 0.952 bits per heavy atom. The summed E-state index contributed by atoms with van der Waals surface area (Å²) < 4.78 is 5.37. The molecule has 0 saturated carbocycles. The highest BCUT2D eigenvalue weighted by atomic mass is 16.3. The van der Waals surface area contributed by atoms with Crippen LogP contribution in [-0.4, -0.2) is 27.1 Å². The average molecular weight is 287 g/mol. The first-order chi connectivity index (χ1) is 9.93. The number of rotatable bonds is 1. The summed E-state index contributed by atoms with van der Waals surface area (Å²) in [5.74, 6) is -1.92. The van der Waals surface area contributed by atoms with Crippen LogP contribution in [0.15, 0.2) is 32.4 Å². The fourth-order valence-electron chi connectivity index (χ4n) is 2.15. The van der Waals surface area contributed by atoms with Crippen LogP contribution in [0, 0.1) is 0 Å². The summed E-state index contributed by atoms with van der Waals surface area (Å²) in [4.78, 5) is 15.8. The maximum Gasteiger partial charge on any atom is 0.204 e. The van der Waals surface area contributed by atoms with Crippen molar-refractivity contribution in [1.82, 2.24) is 0 Å². The van der Waals surface area contributed by atoms with E-state index in [0.717, 1.165) is 18.2 Å². The molecule has 7 nitrogen and oxygen atoms in total. The van der Waals surface area contributed by atoms with Gasteiger partial charge in [0.25, 0.3) is 0 Å². The number of fused-ring (bicyclic) bond motifs is 2. The van der Waals surface area contributed by atoms with Crippen molar-refractivity contribution in [2.75, 3.05) is 0 Å². The molecular weight excluding hydrogens is 278 g/mol. The quantitative estimate of drug-likeness (QED) is 0.309. The van der Waals surface area contributed by atoms with Crippen molar-refractivity contribution in [3.8, 4) is 23.0 Å². The summed E-state index contributed by atoms with van der Waals surface area (Å²) in [5.41, 5.74) is -0.956. The van der Waals surface area contributed by atoms with Crippen molar-refractivity contribution in [2.45, 2.75) is 0 Å². The zero-order valence-electron chi connectivity index (χ0n) is 10.5. The van der Waals surface area contributed by atoms with Crippen LogP contribution >= 0.6 is 0 Å². The van der Waals surface area contributed by atoms with Crippen LogP contribution in [0.3, 0.4) is 0 Å². The number of nitrogens with zero attached hydrogens (tertiary/aromatic N) is 1. The van der Waals surface area contributed by atoms with Gasteiger partial charge >= 0.3 is 0 Å². The van der Waals surface area contributed by atoms with E-state index in [2.05, 4.69) is 11.7 Å². The van der Waals surface area contributed by atoms with Gasteiger partial charge in [-0.05, 0) is 12.8 Å². The van der Waals surface area contributed by atoms with Gasteiger partial charge in [-0.1, -0.05) is 0 Å². The van der Waals surface area contributed by atoms with E-state index in [1.807, 2.05) is 0 Å².